The average molecular weight is 219 g/mol. The van der Waals surface area contributed by atoms with E-state index in [4.69, 9.17) is 0 Å². The van der Waals surface area contributed by atoms with Crippen molar-refractivity contribution in [1.82, 2.24) is 15.0 Å². The molecule has 0 aromatic carbocycles. The van der Waals surface area contributed by atoms with Crippen LogP contribution in [0.5, 0.6) is 0 Å². The van der Waals surface area contributed by atoms with Crippen molar-refractivity contribution in [3.05, 3.63) is 60.2 Å². The molecule has 1 N–H and O–H groups in total. The van der Waals surface area contributed by atoms with Gasteiger partial charge in [0.2, 0.25) is 0 Å². The first-order chi connectivity index (χ1) is 8.43. The molecular formula is C14H9N3. The molecule has 3 nitrogen and oxygen atoms in total. The minimum absolute atomic E-state index is 0.867. The van der Waals surface area contributed by atoms with E-state index < -0.39 is 0 Å². The maximum atomic E-state index is 4.22. The highest BCUT2D eigenvalue weighted by Gasteiger charge is 1.98. The second kappa shape index (κ2) is 4.11. The van der Waals surface area contributed by atoms with Crippen LogP contribution in [0.1, 0.15) is 11.1 Å². The highest BCUT2D eigenvalue weighted by molar-refractivity contribution is 5.82. The minimum atomic E-state index is 0.867. The number of rotatable bonds is 0. The maximum Gasteiger partial charge on any atom is 0.138 e. The van der Waals surface area contributed by atoms with Gasteiger partial charge in [0.25, 0.3) is 0 Å². The van der Waals surface area contributed by atoms with Crippen LogP contribution in [0.15, 0.2) is 49.1 Å². The second-order valence-electron chi connectivity index (χ2n) is 3.58. The summed E-state index contributed by atoms with van der Waals surface area (Å²) in [7, 11) is 0. The fourth-order valence-corrected chi connectivity index (χ4v) is 1.64. The Kier molecular flexibility index (Phi) is 2.32. The Balaban J connectivity index is 2.06. The molecule has 0 radical (unpaired) electrons. The number of hydrogen-bond acceptors (Lipinski definition) is 2. The molecule has 0 bridgehead atoms. The Labute approximate surface area is 98.5 Å². The third kappa shape index (κ3) is 1.88. The number of fused-ring (bicyclic) bond motifs is 1. The molecule has 80 valence electrons. The van der Waals surface area contributed by atoms with E-state index in [-0.39, 0.29) is 0 Å². The first kappa shape index (κ1) is 9.61. The number of hydrogen-bond donors (Lipinski definition) is 1. The van der Waals surface area contributed by atoms with E-state index in [0.717, 1.165) is 22.2 Å². The molecule has 0 aliphatic rings. The summed E-state index contributed by atoms with van der Waals surface area (Å²) in [5.41, 5.74) is 2.81. The number of aromatic nitrogens is 3. The van der Waals surface area contributed by atoms with Crippen LogP contribution in [0.25, 0.3) is 11.0 Å². The van der Waals surface area contributed by atoms with Gasteiger partial charge >= 0.3 is 0 Å². The fraction of sp³-hybridized carbons (Fsp3) is 0. The van der Waals surface area contributed by atoms with Crippen molar-refractivity contribution >= 4 is 11.0 Å². The second-order valence-corrected chi connectivity index (χ2v) is 3.58. The third-order valence-corrected chi connectivity index (χ3v) is 2.48. The molecule has 0 aliphatic carbocycles. The zero-order valence-corrected chi connectivity index (χ0v) is 9.01. The molecule has 17 heavy (non-hydrogen) atoms. The van der Waals surface area contributed by atoms with Crippen LogP contribution in [-0.4, -0.2) is 15.0 Å². The lowest BCUT2D eigenvalue weighted by atomic mass is 10.2. The lowest BCUT2D eigenvalue weighted by Crippen LogP contribution is -1.81. The van der Waals surface area contributed by atoms with E-state index in [1.807, 2.05) is 30.5 Å². The van der Waals surface area contributed by atoms with Crippen molar-refractivity contribution in [3.8, 4) is 11.8 Å². The van der Waals surface area contributed by atoms with Gasteiger partial charge < -0.3 is 4.98 Å². The van der Waals surface area contributed by atoms with Gasteiger partial charge in [0.15, 0.2) is 0 Å². The van der Waals surface area contributed by atoms with E-state index >= 15 is 0 Å². The Hall–Kier alpha value is -2.60. The smallest absolute Gasteiger partial charge is 0.138 e. The molecule has 0 atom stereocenters. The Morgan fingerprint density at radius 2 is 1.82 bits per heavy atom. The van der Waals surface area contributed by atoms with Gasteiger partial charge in [-0.05, 0) is 24.3 Å². The predicted molar refractivity (Wildman–Crippen MR) is 66.3 cm³/mol. The van der Waals surface area contributed by atoms with Crippen molar-refractivity contribution in [2.75, 3.05) is 0 Å². The monoisotopic (exact) mass is 219 g/mol. The van der Waals surface area contributed by atoms with Crippen LogP contribution in [0.4, 0.5) is 0 Å². The molecule has 3 aromatic rings. The summed E-state index contributed by atoms with van der Waals surface area (Å²) in [4.78, 5) is 11.3. The summed E-state index contributed by atoms with van der Waals surface area (Å²) < 4.78 is 0. The summed E-state index contributed by atoms with van der Waals surface area (Å²) in [5, 5.41) is 1.05. The SMILES string of the molecule is C(#Cc1ccnc2[nH]ccc12)c1ccncc1. The van der Waals surface area contributed by atoms with Gasteiger partial charge in [-0.15, -0.1) is 0 Å². The molecule has 0 fully saturated rings. The molecule has 0 saturated carbocycles. The fourth-order valence-electron chi connectivity index (χ4n) is 1.64. The van der Waals surface area contributed by atoms with Crippen molar-refractivity contribution in [1.29, 1.82) is 0 Å². The van der Waals surface area contributed by atoms with Crippen LogP contribution < -0.4 is 0 Å². The van der Waals surface area contributed by atoms with E-state index in [1.54, 1.807) is 18.6 Å². The normalized spacial score (nSPS) is 9.88. The molecule has 0 aliphatic heterocycles. The molecule has 0 amide bonds. The summed E-state index contributed by atoms with van der Waals surface area (Å²) in [6.07, 6.45) is 7.11. The van der Waals surface area contributed by atoms with Crippen molar-refractivity contribution in [2.45, 2.75) is 0 Å². The molecule has 0 spiro atoms. The number of pyridine rings is 2. The zero-order valence-electron chi connectivity index (χ0n) is 9.01. The standard InChI is InChI=1S/C14H9N3/c1(11-3-7-15-8-4-11)2-12-5-9-16-14-13(12)6-10-17-14/h3-10H,(H,16,17). The van der Waals surface area contributed by atoms with Crippen molar-refractivity contribution in [2.24, 2.45) is 0 Å². The van der Waals surface area contributed by atoms with Gasteiger partial charge in [-0.3, -0.25) is 4.98 Å². The highest BCUT2D eigenvalue weighted by atomic mass is 14.8. The van der Waals surface area contributed by atoms with Gasteiger partial charge in [-0.25, -0.2) is 4.98 Å². The first-order valence-electron chi connectivity index (χ1n) is 5.27. The average Bonchev–Trinajstić information content (AvgIpc) is 2.86. The van der Waals surface area contributed by atoms with E-state index in [1.165, 1.54) is 0 Å². The summed E-state index contributed by atoms with van der Waals surface area (Å²) in [6.45, 7) is 0. The molecule has 0 unspecified atom stereocenters. The molecule has 3 rings (SSSR count). The van der Waals surface area contributed by atoms with E-state index in [9.17, 15) is 0 Å². The zero-order chi connectivity index (χ0) is 11.5. The number of H-pyrrole nitrogens is 1. The van der Waals surface area contributed by atoms with Crippen LogP contribution in [0, 0.1) is 11.8 Å². The van der Waals surface area contributed by atoms with Crippen LogP contribution >= 0.6 is 0 Å². The molecule has 3 aromatic heterocycles. The topological polar surface area (TPSA) is 41.6 Å². The largest absolute Gasteiger partial charge is 0.346 e. The maximum absolute atomic E-state index is 4.22. The summed E-state index contributed by atoms with van der Waals surface area (Å²) in [5.74, 6) is 6.26. The molecular weight excluding hydrogens is 210 g/mol. The van der Waals surface area contributed by atoms with Gasteiger partial charge in [-0.1, -0.05) is 11.8 Å². The quantitative estimate of drug-likeness (QED) is 0.590. The lowest BCUT2D eigenvalue weighted by molar-refractivity contribution is 1.32. The van der Waals surface area contributed by atoms with E-state index in [2.05, 4.69) is 26.8 Å². The van der Waals surface area contributed by atoms with Gasteiger partial charge in [0.05, 0.1) is 0 Å². The van der Waals surface area contributed by atoms with E-state index in [0.29, 0.717) is 0 Å². The van der Waals surface area contributed by atoms with Crippen molar-refractivity contribution < 1.29 is 0 Å². The summed E-state index contributed by atoms with van der Waals surface area (Å²) in [6, 6.07) is 7.69. The molecule has 3 heterocycles. The Bertz CT molecular complexity index is 702. The third-order valence-electron chi connectivity index (χ3n) is 2.48. The predicted octanol–water partition coefficient (Wildman–Crippen LogP) is 2.36. The van der Waals surface area contributed by atoms with Gasteiger partial charge in [0, 0.05) is 41.3 Å². The molecule has 3 heteroatoms. The number of nitrogens with zero attached hydrogens (tertiary/aromatic N) is 2. The number of aromatic amines is 1. The van der Waals surface area contributed by atoms with Crippen LogP contribution in [0.2, 0.25) is 0 Å². The van der Waals surface area contributed by atoms with Gasteiger partial charge in [0.1, 0.15) is 5.65 Å². The summed E-state index contributed by atoms with van der Waals surface area (Å²) >= 11 is 0. The highest BCUT2D eigenvalue weighted by Crippen LogP contribution is 2.13. The first-order valence-corrected chi connectivity index (χ1v) is 5.27. The number of nitrogens with one attached hydrogen (secondary N) is 1. The van der Waals surface area contributed by atoms with Crippen molar-refractivity contribution in [3.63, 3.8) is 0 Å². The van der Waals surface area contributed by atoms with Crippen LogP contribution in [0.3, 0.4) is 0 Å². The Morgan fingerprint density at radius 3 is 2.71 bits per heavy atom. The lowest BCUT2D eigenvalue weighted by Gasteiger charge is -1.92. The van der Waals surface area contributed by atoms with Crippen LogP contribution in [-0.2, 0) is 0 Å². The van der Waals surface area contributed by atoms with Gasteiger partial charge in [-0.2, -0.15) is 0 Å². The Morgan fingerprint density at radius 1 is 0.941 bits per heavy atom. The minimum Gasteiger partial charge on any atom is -0.346 e. The molecule has 0 saturated heterocycles.